The summed E-state index contributed by atoms with van der Waals surface area (Å²) in [5.74, 6) is 0.693. The molecular weight excluding hydrogens is 371 g/mol. The Balaban J connectivity index is 2.03. The fourth-order valence-corrected chi connectivity index (χ4v) is 3.18. The lowest BCUT2D eigenvalue weighted by atomic mass is 10.3. The number of hydrogen-bond acceptors (Lipinski definition) is 6. The van der Waals surface area contributed by atoms with E-state index in [9.17, 15) is 4.79 Å². The zero-order chi connectivity index (χ0) is 17.5. The van der Waals surface area contributed by atoms with Gasteiger partial charge in [-0.05, 0) is 32.0 Å². The quantitative estimate of drug-likeness (QED) is 0.546. The molecule has 2 aromatic rings. The van der Waals surface area contributed by atoms with Crippen LogP contribution in [0, 0.1) is 0 Å². The van der Waals surface area contributed by atoms with Crippen molar-refractivity contribution >= 4 is 46.6 Å². The van der Waals surface area contributed by atoms with Crippen molar-refractivity contribution in [3.05, 3.63) is 34.1 Å². The number of ether oxygens (including phenoxy) is 1. The van der Waals surface area contributed by atoms with Gasteiger partial charge in [0.1, 0.15) is 0 Å². The number of anilines is 1. The number of esters is 1. The van der Waals surface area contributed by atoms with Crippen molar-refractivity contribution in [2.24, 2.45) is 0 Å². The van der Waals surface area contributed by atoms with Gasteiger partial charge >= 0.3 is 5.97 Å². The lowest BCUT2D eigenvalue weighted by molar-refractivity contribution is -0.139. The molecule has 0 atom stereocenters. The summed E-state index contributed by atoms with van der Waals surface area (Å²) in [4.78, 5) is 11.5. The normalized spacial score (nSPS) is 10.7. The van der Waals surface area contributed by atoms with E-state index in [1.807, 2.05) is 11.5 Å². The fourth-order valence-electron chi connectivity index (χ4n) is 2.01. The Morgan fingerprint density at radius 3 is 2.83 bits per heavy atom. The standard InChI is InChI=1S/C15H18Cl2N4O2S/c1-3-21-13(8-18-12-7-10(16)5-6-11(12)17)19-20-15(21)24-9-14(22)23-4-2/h5-7,18H,3-4,8-9H2,1-2H3. The number of nitrogens with zero attached hydrogens (tertiary/aromatic N) is 3. The van der Waals surface area contributed by atoms with Crippen molar-refractivity contribution in [3.8, 4) is 0 Å². The van der Waals surface area contributed by atoms with Crippen LogP contribution in [0.15, 0.2) is 23.4 Å². The molecule has 0 amide bonds. The van der Waals surface area contributed by atoms with Crippen LogP contribution < -0.4 is 5.32 Å². The Labute approximate surface area is 154 Å². The van der Waals surface area contributed by atoms with Gasteiger partial charge in [-0.3, -0.25) is 4.79 Å². The third-order valence-electron chi connectivity index (χ3n) is 3.10. The van der Waals surface area contributed by atoms with Gasteiger partial charge in [0, 0.05) is 11.6 Å². The molecule has 1 N–H and O–H groups in total. The minimum atomic E-state index is -0.265. The van der Waals surface area contributed by atoms with E-state index < -0.39 is 0 Å². The molecule has 0 bridgehead atoms. The van der Waals surface area contributed by atoms with Gasteiger partial charge in [-0.1, -0.05) is 35.0 Å². The topological polar surface area (TPSA) is 69.0 Å². The molecule has 24 heavy (non-hydrogen) atoms. The average molecular weight is 389 g/mol. The SMILES string of the molecule is CCOC(=O)CSc1nnc(CNc2cc(Cl)ccc2Cl)n1CC. The van der Waals surface area contributed by atoms with Gasteiger partial charge in [0.25, 0.3) is 0 Å². The van der Waals surface area contributed by atoms with Crippen LogP contribution in [0.1, 0.15) is 19.7 Å². The maximum absolute atomic E-state index is 11.5. The van der Waals surface area contributed by atoms with E-state index in [1.165, 1.54) is 11.8 Å². The van der Waals surface area contributed by atoms with E-state index >= 15 is 0 Å². The Morgan fingerprint density at radius 1 is 1.33 bits per heavy atom. The summed E-state index contributed by atoms with van der Waals surface area (Å²) in [7, 11) is 0. The molecule has 0 aliphatic heterocycles. The second-order valence-electron chi connectivity index (χ2n) is 4.71. The van der Waals surface area contributed by atoms with Crippen LogP contribution in [0.4, 0.5) is 5.69 Å². The van der Waals surface area contributed by atoms with Crippen molar-refractivity contribution in [2.75, 3.05) is 17.7 Å². The van der Waals surface area contributed by atoms with E-state index in [2.05, 4.69) is 15.5 Å². The van der Waals surface area contributed by atoms with Crippen LogP contribution in [-0.4, -0.2) is 33.1 Å². The Kier molecular flexibility index (Phi) is 7.20. The molecule has 0 radical (unpaired) electrons. The largest absolute Gasteiger partial charge is 0.465 e. The minimum Gasteiger partial charge on any atom is -0.465 e. The third kappa shape index (κ3) is 5.03. The molecule has 2 rings (SSSR count). The molecule has 9 heteroatoms. The first kappa shape index (κ1) is 18.9. The highest BCUT2D eigenvalue weighted by Gasteiger charge is 2.14. The number of nitrogens with one attached hydrogen (secondary N) is 1. The molecule has 0 saturated heterocycles. The number of carbonyl (C=O) groups excluding carboxylic acids is 1. The van der Waals surface area contributed by atoms with Crippen molar-refractivity contribution in [1.82, 2.24) is 14.8 Å². The molecule has 0 aliphatic rings. The highest BCUT2D eigenvalue weighted by atomic mass is 35.5. The number of thioether (sulfide) groups is 1. The second kappa shape index (κ2) is 9.15. The van der Waals surface area contributed by atoms with Crippen LogP contribution in [0.5, 0.6) is 0 Å². The van der Waals surface area contributed by atoms with Gasteiger partial charge in [0.15, 0.2) is 11.0 Å². The summed E-state index contributed by atoms with van der Waals surface area (Å²) in [6.07, 6.45) is 0. The van der Waals surface area contributed by atoms with E-state index in [0.29, 0.717) is 34.9 Å². The third-order valence-corrected chi connectivity index (χ3v) is 4.60. The molecule has 0 fully saturated rings. The first-order valence-corrected chi connectivity index (χ1v) is 9.18. The van der Waals surface area contributed by atoms with Crippen molar-refractivity contribution in [3.63, 3.8) is 0 Å². The molecule has 6 nitrogen and oxygen atoms in total. The van der Waals surface area contributed by atoms with Crippen molar-refractivity contribution in [1.29, 1.82) is 0 Å². The molecule has 0 saturated carbocycles. The first-order chi connectivity index (χ1) is 11.5. The summed E-state index contributed by atoms with van der Waals surface area (Å²) >= 11 is 13.4. The fraction of sp³-hybridized carbons (Fsp3) is 0.400. The molecule has 0 aliphatic carbocycles. The number of carbonyl (C=O) groups is 1. The van der Waals surface area contributed by atoms with Crippen LogP contribution in [0.3, 0.4) is 0 Å². The maximum Gasteiger partial charge on any atom is 0.316 e. The van der Waals surface area contributed by atoms with Crippen LogP contribution >= 0.6 is 35.0 Å². The van der Waals surface area contributed by atoms with Gasteiger partial charge in [0.05, 0.1) is 29.6 Å². The smallest absolute Gasteiger partial charge is 0.316 e. The first-order valence-electron chi connectivity index (χ1n) is 7.44. The molecule has 1 aromatic carbocycles. The van der Waals surface area contributed by atoms with Gasteiger partial charge in [-0.15, -0.1) is 10.2 Å². The molecule has 0 spiro atoms. The zero-order valence-electron chi connectivity index (χ0n) is 13.4. The minimum absolute atomic E-state index is 0.208. The summed E-state index contributed by atoms with van der Waals surface area (Å²) < 4.78 is 6.86. The molecule has 0 unspecified atom stereocenters. The predicted molar refractivity (Wildman–Crippen MR) is 96.8 cm³/mol. The number of hydrogen-bond donors (Lipinski definition) is 1. The second-order valence-corrected chi connectivity index (χ2v) is 6.50. The molecule has 1 aromatic heterocycles. The van der Waals surface area contributed by atoms with Crippen LogP contribution in [0.25, 0.3) is 0 Å². The van der Waals surface area contributed by atoms with Crippen molar-refractivity contribution < 1.29 is 9.53 Å². The van der Waals surface area contributed by atoms with Gasteiger partial charge in [-0.25, -0.2) is 0 Å². The monoisotopic (exact) mass is 388 g/mol. The molecule has 1 heterocycles. The Morgan fingerprint density at radius 2 is 2.12 bits per heavy atom. The van der Waals surface area contributed by atoms with E-state index in [-0.39, 0.29) is 11.7 Å². The Hall–Kier alpha value is -1.44. The number of benzene rings is 1. The lowest BCUT2D eigenvalue weighted by Gasteiger charge is -2.10. The Bertz CT molecular complexity index is 709. The maximum atomic E-state index is 11.5. The summed E-state index contributed by atoms with van der Waals surface area (Å²) in [6, 6.07) is 5.22. The van der Waals surface area contributed by atoms with Crippen molar-refractivity contribution in [2.45, 2.75) is 32.1 Å². The summed E-state index contributed by atoms with van der Waals surface area (Å²) in [6.45, 7) is 5.28. The predicted octanol–water partition coefficient (Wildman–Crippen LogP) is 3.87. The number of aromatic nitrogens is 3. The number of halogens is 2. The van der Waals surface area contributed by atoms with Gasteiger partial charge < -0.3 is 14.6 Å². The average Bonchev–Trinajstić information content (AvgIpc) is 2.96. The highest BCUT2D eigenvalue weighted by Crippen LogP contribution is 2.26. The zero-order valence-corrected chi connectivity index (χ0v) is 15.7. The molecular formula is C15H18Cl2N4O2S. The molecule has 130 valence electrons. The van der Waals surface area contributed by atoms with Crippen LogP contribution in [0.2, 0.25) is 10.0 Å². The van der Waals surface area contributed by atoms with Gasteiger partial charge in [-0.2, -0.15) is 0 Å². The lowest BCUT2D eigenvalue weighted by Crippen LogP contribution is -2.10. The van der Waals surface area contributed by atoms with E-state index in [4.69, 9.17) is 27.9 Å². The highest BCUT2D eigenvalue weighted by molar-refractivity contribution is 7.99. The van der Waals surface area contributed by atoms with E-state index in [0.717, 1.165) is 11.5 Å². The van der Waals surface area contributed by atoms with Crippen LogP contribution in [-0.2, 0) is 22.6 Å². The van der Waals surface area contributed by atoms with Gasteiger partial charge in [0.2, 0.25) is 0 Å². The summed E-state index contributed by atoms with van der Waals surface area (Å²) in [5.41, 5.74) is 0.732. The summed E-state index contributed by atoms with van der Waals surface area (Å²) in [5, 5.41) is 13.4. The van der Waals surface area contributed by atoms with E-state index in [1.54, 1.807) is 25.1 Å². The number of rotatable bonds is 8.